The van der Waals surface area contributed by atoms with Crippen molar-refractivity contribution in [3.8, 4) is 0 Å². The van der Waals surface area contributed by atoms with Crippen LogP contribution in [0.2, 0.25) is 0 Å². The van der Waals surface area contributed by atoms with E-state index in [0.29, 0.717) is 6.54 Å². The maximum absolute atomic E-state index is 13.9. The van der Waals surface area contributed by atoms with Crippen LogP contribution in [0.1, 0.15) is 10.4 Å². The first kappa shape index (κ1) is 16.0. The quantitative estimate of drug-likeness (QED) is 0.844. The molecule has 0 aromatic heterocycles. The van der Waals surface area contributed by atoms with Crippen LogP contribution in [-0.2, 0) is 4.74 Å². The summed E-state index contributed by atoms with van der Waals surface area (Å²) in [5, 5.41) is 2.87. The van der Waals surface area contributed by atoms with E-state index >= 15 is 0 Å². The predicted octanol–water partition coefficient (Wildman–Crippen LogP) is 2.21. The van der Waals surface area contributed by atoms with Gasteiger partial charge in [0.15, 0.2) is 11.6 Å². The van der Waals surface area contributed by atoms with Gasteiger partial charge in [-0.05, 0) is 12.1 Å². The van der Waals surface area contributed by atoms with Crippen LogP contribution < -0.4 is 5.32 Å². The average molecular weight is 316 g/mol. The highest BCUT2D eigenvalue weighted by Crippen LogP contribution is 2.21. The summed E-state index contributed by atoms with van der Waals surface area (Å²) >= 11 is 1.92. The Balaban J connectivity index is 1.94. The number of thioether (sulfide) groups is 1. The molecular formula is C14H18F2N2O2S. The van der Waals surface area contributed by atoms with E-state index < -0.39 is 23.2 Å². The molecule has 0 atom stereocenters. The fourth-order valence-electron chi connectivity index (χ4n) is 2.13. The number of ether oxygens (including phenoxy) is 1. The molecule has 7 heteroatoms. The van der Waals surface area contributed by atoms with E-state index in [9.17, 15) is 13.6 Å². The minimum absolute atomic E-state index is 0.0616. The largest absolute Gasteiger partial charge is 0.465 e. The van der Waals surface area contributed by atoms with Crippen molar-refractivity contribution < 1.29 is 18.3 Å². The summed E-state index contributed by atoms with van der Waals surface area (Å²) in [5.74, 6) is -0.898. The molecule has 1 saturated heterocycles. The number of rotatable bonds is 5. The molecule has 21 heavy (non-hydrogen) atoms. The maximum atomic E-state index is 13.9. The summed E-state index contributed by atoms with van der Waals surface area (Å²) in [6.45, 7) is 3.34. The lowest BCUT2D eigenvalue weighted by Crippen LogP contribution is -2.36. The molecule has 1 fully saturated rings. The Bertz CT molecular complexity index is 508. The molecule has 1 aromatic carbocycles. The third-order valence-electron chi connectivity index (χ3n) is 3.33. The standard InChI is InChI=1S/C14H18F2N2O2S/c1-20-14(19)10-2-3-11(13(16)12(10)15)17-4-5-18-6-8-21-9-7-18/h2-3,17H,4-9H2,1H3. The maximum Gasteiger partial charge on any atom is 0.340 e. The van der Waals surface area contributed by atoms with E-state index in [1.807, 2.05) is 11.8 Å². The van der Waals surface area contributed by atoms with Gasteiger partial charge in [-0.3, -0.25) is 4.90 Å². The first-order valence-corrected chi connectivity index (χ1v) is 7.89. The smallest absolute Gasteiger partial charge is 0.340 e. The van der Waals surface area contributed by atoms with Crippen molar-refractivity contribution in [3.63, 3.8) is 0 Å². The van der Waals surface area contributed by atoms with Crippen molar-refractivity contribution >= 4 is 23.4 Å². The molecule has 1 heterocycles. The number of nitrogens with zero attached hydrogens (tertiary/aromatic N) is 1. The van der Waals surface area contributed by atoms with E-state index in [0.717, 1.165) is 38.2 Å². The van der Waals surface area contributed by atoms with Gasteiger partial charge in [0, 0.05) is 37.7 Å². The first-order valence-electron chi connectivity index (χ1n) is 6.73. The second-order valence-electron chi connectivity index (χ2n) is 4.66. The number of carbonyl (C=O) groups excluding carboxylic acids is 1. The first-order chi connectivity index (χ1) is 10.1. The fourth-order valence-corrected chi connectivity index (χ4v) is 3.11. The molecule has 0 unspecified atom stereocenters. The molecule has 1 aliphatic heterocycles. The Morgan fingerprint density at radius 3 is 2.71 bits per heavy atom. The minimum atomic E-state index is -1.18. The Hall–Kier alpha value is -1.34. The number of carbonyl (C=O) groups is 1. The van der Waals surface area contributed by atoms with Gasteiger partial charge in [0.2, 0.25) is 0 Å². The van der Waals surface area contributed by atoms with E-state index in [4.69, 9.17) is 0 Å². The molecule has 0 aliphatic carbocycles. The summed E-state index contributed by atoms with van der Waals surface area (Å²) in [4.78, 5) is 13.5. The van der Waals surface area contributed by atoms with Crippen molar-refractivity contribution in [3.05, 3.63) is 29.3 Å². The number of anilines is 1. The van der Waals surface area contributed by atoms with Gasteiger partial charge in [-0.1, -0.05) is 0 Å². The highest BCUT2D eigenvalue weighted by Gasteiger charge is 2.19. The Morgan fingerprint density at radius 1 is 1.33 bits per heavy atom. The molecule has 4 nitrogen and oxygen atoms in total. The van der Waals surface area contributed by atoms with Crippen molar-refractivity contribution in [2.75, 3.05) is 50.1 Å². The summed E-state index contributed by atoms with van der Waals surface area (Å²) in [6.07, 6.45) is 0. The Labute approximate surface area is 126 Å². The van der Waals surface area contributed by atoms with Gasteiger partial charge < -0.3 is 10.1 Å². The highest BCUT2D eigenvalue weighted by atomic mass is 32.2. The zero-order valence-corrected chi connectivity index (χ0v) is 12.6. The molecule has 0 bridgehead atoms. The molecule has 0 spiro atoms. The van der Waals surface area contributed by atoms with Crippen molar-refractivity contribution in [1.29, 1.82) is 0 Å². The van der Waals surface area contributed by atoms with E-state index in [2.05, 4.69) is 15.0 Å². The number of hydrogen-bond donors (Lipinski definition) is 1. The fraction of sp³-hybridized carbons (Fsp3) is 0.500. The molecule has 1 N–H and O–H groups in total. The van der Waals surface area contributed by atoms with E-state index in [1.165, 1.54) is 12.1 Å². The van der Waals surface area contributed by atoms with E-state index in [1.54, 1.807) is 0 Å². The topological polar surface area (TPSA) is 41.6 Å². The third kappa shape index (κ3) is 4.07. The lowest BCUT2D eigenvalue weighted by atomic mass is 10.2. The third-order valence-corrected chi connectivity index (χ3v) is 4.28. The monoisotopic (exact) mass is 316 g/mol. The molecule has 0 saturated carbocycles. The number of esters is 1. The Kier molecular flexibility index (Phi) is 5.81. The number of benzene rings is 1. The number of methoxy groups -OCH3 is 1. The van der Waals surface area contributed by atoms with Gasteiger partial charge in [0.25, 0.3) is 0 Å². The highest BCUT2D eigenvalue weighted by molar-refractivity contribution is 7.99. The zero-order valence-electron chi connectivity index (χ0n) is 11.8. The van der Waals surface area contributed by atoms with Gasteiger partial charge in [-0.25, -0.2) is 13.6 Å². The summed E-state index contributed by atoms with van der Waals surface area (Å²) in [5.41, 5.74) is -0.333. The minimum Gasteiger partial charge on any atom is -0.465 e. The van der Waals surface area contributed by atoms with E-state index in [-0.39, 0.29) is 5.69 Å². The van der Waals surface area contributed by atoms with Gasteiger partial charge in [0.1, 0.15) is 0 Å². The molecule has 0 radical (unpaired) electrons. The zero-order chi connectivity index (χ0) is 15.2. The second-order valence-corrected chi connectivity index (χ2v) is 5.89. The molecule has 1 aromatic rings. The molecule has 2 rings (SSSR count). The summed E-state index contributed by atoms with van der Waals surface area (Å²) in [6, 6.07) is 2.58. The SMILES string of the molecule is COC(=O)c1ccc(NCCN2CCSCC2)c(F)c1F. The lowest BCUT2D eigenvalue weighted by Gasteiger charge is -2.26. The van der Waals surface area contributed by atoms with Gasteiger partial charge in [-0.15, -0.1) is 0 Å². The van der Waals surface area contributed by atoms with Gasteiger partial charge >= 0.3 is 5.97 Å². The Morgan fingerprint density at radius 2 is 2.05 bits per heavy atom. The van der Waals surface area contributed by atoms with Crippen LogP contribution in [0.15, 0.2) is 12.1 Å². The summed E-state index contributed by atoms with van der Waals surface area (Å²) < 4.78 is 32.0. The van der Waals surface area contributed by atoms with Crippen molar-refractivity contribution in [2.45, 2.75) is 0 Å². The lowest BCUT2D eigenvalue weighted by molar-refractivity contribution is 0.0594. The normalized spacial score (nSPS) is 15.8. The molecule has 0 amide bonds. The molecular weight excluding hydrogens is 298 g/mol. The van der Waals surface area contributed by atoms with Crippen LogP contribution in [-0.4, -0.2) is 55.7 Å². The number of hydrogen-bond acceptors (Lipinski definition) is 5. The number of halogens is 2. The van der Waals surface area contributed by atoms with Crippen LogP contribution >= 0.6 is 11.8 Å². The van der Waals surface area contributed by atoms with Crippen LogP contribution in [0.5, 0.6) is 0 Å². The van der Waals surface area contributed by atoms with Crippen LogP contribution in [0.3, 0.4) is 0 Å². The number of nitrogens with one attached hydrogen (secondary N) is 1. The van der Waals surface area contributed by atoms with Crippen LogP contribution in [0.25, 0.3) is 0 Å². The second kappa shape index (κ2) is 7.61. The van der Waals surface area contributed by atoms with Crippen molar-refractivity contribution in [2.24, 2.45) is 0 Å². The van der Waals surface area contributed by atoms with Crippen molar-refractivity contribution in [1.82, 2.24) is 4.90 Å². The molecule has 116 valence electrons. The van der Waals surface area contributed by atoms with Crippen LogP contribution in [0, 0.1) is 11.6 Å². The van der Waals surface area contributed by atoms with Crippen LogP contribution in [0.4, 0.5) is 14.5 Å². The summed E-state index contributed by atoms with van der Waals surface area (Å²) in [7, 11) is 1.13. The van der Waals surface area contributed by atoms with Gasteiger partial charge in [-0.2, -0.15) is 11.8 Å². The van der Waals surface area contributed by atoms with Gasteiger partial charge in [0.05, 0.1) is 18.4 Å². The predicted molar refractivity (Wildman–Crippen MR) is 80.0 cm³/mol. The average Bonchev–Trinajstić information content (AvgIpc) is 2.52. The molecule has 1 aliphatic rings.